The van der Waals surface area contributed by atoms with Crippen LogP contribution in [0.5, 0.6) is 5.75 Å². The molecule has 3 amide bonds. The van der Waals surface area contributed by atoms with Crippen LogP contribution in [0.1, 0.15) is 38.5 Å². The molecule has 1 unspecified atom stereocenters. The van der Waals surface area contributed by atoms with Crippen LogP contribution in [0.3, 0.4) is 0 Å². The Labute approximate surface area is 260 Å². The van der Waals surface area contributed by atoms with E-state index in [1.54, 1.807) is 23.1 Å². The lowest BCUT2D eigenvalue weighted by Crippen LogP contribution is -2.58. The summed E-state index contributed by atoms with van der Waals surface area (Å²) in [7, 11) is 3.70. The molecule has 0 spiro atoms. The lowest BCUT2D eigenvalue weighted by molar-refractivity contribution is -0.129. The van der Waals surface area contributed by atoms with E-state index in [1.807, 2.05) is 25.1 Å². The van der Waals surface area contributed by atoms with Crippen molar-refractivity contribution in [1.82, 2.24) is 5.32 Å². The van der Waals surface area contributed by atoms with Gasteiger partial charge in [-0.2, -0.15) is 0 Å². The van der Waals surface area contributed by atoms with E-state index in [-0.39, 0.29) is 22.5 Å². The number of fused-ring (bicyclic) bond motifs is 1. The Hall–Kier alpha value is -4.47. The lowest BCUT2D eigenvalue weighted by Gasteiger charge is -2.57. The minimum Gasteiger partial charge on any atom is -0.410 e. The second kappa shape index (κ2) is 11.2. The van der Waals surface area contributed by atoms with Crippen LogP contribution < -0.4 is 24.8 Å². The molecule has 4 aliphatic carbocycles. The van der Waals surface area contributed by atoms with Crippen LogP contribution in [-0.4, -0.2) is 44.6 Å². The van der Waals surface area contributed by atoms with Crippen molar-refractivity contribution in [2.45, 2.75) is 44.6 Å². The molecule has 0 radical (unpaired) electrons. The van der Waals surface area contributed by atoms with Gasteiger partial charge in [0, 0.05) is 44.1 Å². The number of hydrogen-bond acceptors (Lipinski definition) is 5. The van der Waals surface area contributed by atoms with Gasteiger partial charge in [0.05, 0.1) is 11.4 Å². The molecule has 0 saturated heterocycles. The number of rotatable bonds is 6. The van der Waals surface area contributed by atoms with Crippen LogP contribution in [0.15, 0.2) is 66.7 Å². The number of benzene rings is 3. The van der Waals surface area contributed by atoms with Gasteiger partial charge in [0.1, 0.15) is 17.4 Å². The van der Waals surface area contributed by atoms with Crippen molar-refractivity contribution in [2.24, 2.45) is 23.2 Å². The fourth-order valence-corrected chi connectivity index (χ4v) is 8.57. The first-order valence-electron chi connectivity index (χ1n) is 15.5. The molecule has 8 rings (SSSR count). The second-order valence-electron chi connectivity index (χ2n) is 13.5. The summed E-state index contributed by atoms with van der Waals surface area (Å²) < 4.78 is 34.4. The number of carbonyl (C=O) groups is 3. The molecular formula is C35H36F2N4O4. The highest BCUT2D eigenvalue weighted by Gasteiger charge is 2.53. The Morgan fingerprint density at radius 2 is 1.51 bits per heavy atom. The first-order chi connectivity index (χ1) is 21.6. The van der Waals surface area contributed by atoms with Crippen molar-refractivity contribution in [2.75, 3.05) is 35.3 Å². The summed E-state index contributed by atoms with van der Waals surface area (Å²) in [4.78, 5) is 46.8. The number of anilines is 4. The van der Waals surface area contributed by atoms with E-state index in [9.17, 15) is 23.2 Å². The van der Waals surface area contributed by atoms with Gasteiger partial charge in [-0.15, -0.1) is 0 Å². The van der Waals surface area contributed by atoms with Crippen molar-refractivity contribution in [3.8, 4) is 5.75 Å². The number of ether oxygens (including phenoxy) is 1. The summed E-state index contributed by atoms with van der Waals surface area (Å²) in [5.74, 6) is -0.447. The maximum atomic E-state index is 14.9. The third kappa shape index (κ3) is 5.51. The molecular weight excluding hydrogens is 578 g/mol. The van der Waals surface area contributed by atoms with Crippen LogP contribution >= 0.6 is 0 Å². The summed E-state index contributed by atoms with van der Waals surface area (Å²) in [6.07, 6.45) is 5.67. The van der Waals surface area contributed by atoms with Crippen molar-refractivity contribution < 1.29 is 27.9 Å². The number of hydrogen-bond donors (Lipinski definition) is 1. The minimum atomic E-state index is -1.68. The Morgan fingerprint density at radius 1 is 0.867 bits per heavy atom. The normalized spacial score (nSPS) is 26.8. The van der Waals surface area contributed by atoms with E-state index < -0.39 is 35.6 Å². The van der Waals surface area contributed by atoms with E-state index in [0.717, 1.165) is 24.9 Å². The summed E-state index contributed by atoms with van der Waals surface area (Å²) in [5.41, 5.74) is 1.43. The molecule has 1 atom stereocenters. The predicted molar refractivity (Wildman–Crippen MR) is 167 cm³/mol. The zero-order valence-corrected chi connectivity index (χ0v) is 25.3. The maximum absolute atomic E-state index is 14.9. The van der Waals surface area contributed by atoms with Crippen molar-refractivity contribution in [3.05, 3.63) is 78.4 Å². The lowest BCUT2D eigenvalue weighted by atomic mass is 9.49. The van der Waals surface area contributed by atoms with Gasteiger partial charge in [0.2, 0.25) is 0 Å². The van der Waals surface area contributed by atoms with Gasteiger partial charge in [-0.3, -0.25) is 14.5 Å². The predicted octanol–water partition coefficient (Wildman–Crippen LogP) is 6.42. The molecule has 1 heterocycles. The highest BCUT2D eigenvalue weighted by Crippen LogP contribution is 2.60. The molecule has 8 nitrogen and oxygen atoms in total. The van der Waals surface area contributed by atoms with Gasteiger partial charge in [-0.25, -0.2) is 13.6 Å². The van der Waals surface area contributed by atoms with Crippen LogP contribution in [0.4, 0.5) is 36.3 Å². The summed E-state index contributed by atoms with van der Waals surface area (Å²) in [5, 5.41) is 2.53. The van der Waals surface area contributed by atoms with Gasteiger partial charge in [0.15, 0.2) is 6.04 Å². The average molecular weight is 615 g/mol. The maximum Gasteiger partial charge on any atom is 0.413 e. The third-order valence-electron chi connectivity index (χ3n) is 10.00. The van der Waals surface area contributed by atoms with Crippen LogP contribution in [0.2, 0.25) is 0 Å². The van der Waals surface area contributed by atoms with E-state index in [4.69, 9.17) is 4.74 Å². The molecule has 1 N–H and O–H groups in total. The second-order valence-corrected chi connectivity index (χ2v) is 13.5. The third-order valence-corrected chi connectivity index (χ3v) is 10.00. The van der Waals surface area contributed by atoms with Crippen LogP contribution in [0.25, 0.3) is 0 Å². The first-order valence-corrected chi connectivity index (χ1v) is 15.5. The molecule has 4 fully saturated rings. The molecule has 4 bridgehead atoms. The quantitative estimate of drug-likeness (QED) is 0.325. The topological polar surface area (TPSA) is 82.2 Å². The molecule has 234 valence electrons. The molecule has 3 aromatic carbocycles. The van der Waals surface area contributed by atoms with Gasteiger partial charge in [-0.1, -0.05) is 6.07 Å². The standard InChI is InChI=1S/C35H36F2N4O4/c1-39(2)27-4-3-5-28(16-27)45-34(44)38-31-32(42)40(20-35-17-21-12-22(18-35)14-23(13-21)19-35)29-11-8-25(37)15-30(29)41(33(31)43)26-9-6-24(36)7-10-26/h3-11,15-16,21-23,31H,12-14,17-20H2,1-2H3,(H,38,44). The monoisotopic (exact) mass is 614 g/mol. The average Bonchev–Trinajstić information content (AvgIpc) is 3.06. The fourth-order valence-electron chi connectivity index (χ4n) is 8.57. The van der Waals surface area contributed by atoms with Gasteiger partial charge in [-0.05, 0) is 110 Å². The summed E-state index contributed by atoms with van der Waals surface area (Å²) >= 11 is 0. The van der Waals surface area contributed by atoms with E-state index in [1.165, 1.54) is 66.6 Å². The van der Waals surface area contributed by atoms with Gasteiger partial charge >= 0.3 is 6.09 Å². The molecule has 5 aliphatic rings. The van der Waals surface area contributed by atoms with Gasteiger partial charge < -0.3 is 19.9 Å². The Morgan fingerprint density at radius 3 is 2.16 bits per heavy atom. The molecule has 1 aliphatic heterocycles. The number of carbonyl (C=O) groups excluding carboxylic acids is 3. The molecule has 45 heavy (non-hydrogen) atoms. The fraction of sp³-hybridized carbons (Fsp3) is 0.400. The number of nitrogens with zero attached hydrogens (tertiary/aromatic N) is 3. The molecule has 0 aromatic heterocycles. The smallest absolute Gasteiger partial charge is 0.410 e. The molecule has 10 heteroatoms. The molecule has 3 aromatic rings. The Bertz CT molecular complexity index is 1620. The SMILES string of the molecule is CN(C)c1cccc(OC(=O)NC2C(=O)N(CC34CC5CC(CC(C5)C3)C4)c3ccc(F)cc3N(c3ccc(F)cc3)C2=O)c1. The number of amides is 3. The highest BCUT2D eigenvalue weighted by molar-refractivity contribution is 6.23. The largest absolute Gasteiger partial charge is 0.413 e. The zero-order chi connectivity index (χ0) is 31.5. The Kier molecular flexibility index (Phi) is 7.25. The van der Waals surface area contributed by atoms with Crippen molar-refractivity contribution >= 4 is 40.7 Å². The number of nitrogens with one attached hydrogen (secondary N) is 1. The molecule has 4 saturated carbocycles. The van der Waals surface area contributed by atoms with Crippen molar-refractivity contribution in [1.29, 1.82) is 0 Å². The van der Waals surface area contributed by atoms with E-state index in [2.05, 4.69) is 5.32 Å². The first kappa shape index (κ1) is 29.3. The zero-order valence-electron chi connectivity index (χ0n) is 25.3. The van der Waals surface area contributed by atoms with Crippen LogP contribution in [-0.2, 0) is 9.59 Å². The highest BCUT2D eigenvalue weighted by atomic mass is 19.1. The van der Waals surface area contributed by atoms with E-state index >= 15 is 0 Å². The number of halogens is 2. The van der Waals surface area contributed by atoms with Crippen molar-refractivity contribution in [3.63, 3.8) is 0 Å². The Balaban J connectivity index is 1.28. The minimum absolute atomic E-state index is 0.123. The summed E-state index contributed by atoms with van der Waals surface area (Å²) in [6, 6.07) is 14.3. The summed E-state index contributed by atoms with van der Waals surface area (Å²) in [6.45, 7) is 0.358. The van der Waals surface area contributed by atoms with Gasteiger partial charge in [0.25, 0.3) is 11.8 Å². The van der Waals surface area contributed by atoms with Crippen LogP contribution in [0, 0.1) is 34.8 Å². The van der Waals surface area contributed by atoms with E-state index in [0.29, 0.717) is 30.0 Å².